The quantitative estimate of drug-likeness (QED) is 0.631. The zero-order chi connectivity index (χ0) is 21.0. The Morgan fingerprint density at radius 1 is 1.31 bits per heavy atom. The van der Waals surface area contributed by atoms with E-state index in [1.54, 1.807) is 19.1 Å². The van der Waals surface area contributed by atoms with Crippen LogP contribution in [-0.4, -0.2) is 38.9 Å². The number of aliphatic hydroxyl groups excluding tert-OH is 2. The maximum atomic E-state index is 13.0. The Hall–Kier alpha value is -1.23. The lowest BCUT2D eigenvalue weighted by molar-refractivity contribution is -0.119. The van der Waals surface area contributed by atoms with Crippen LogP contribution in [0.3, 0.4) is 0 Å². The van der Waals surface area contributed by atoms with Crippen molar-refractivity contribution in [3.63, 3.8) is 0 Å². The number of carbonyl (C=O) groups is 1. The van der Waals surface area contributed by atoms with Gasteiger partial charge < -0.3 is 15.3 Å². The number of aliphatic hydroxyl groups is 3. The van der Waals surface area contributed by atoms with Crippen molar-refractivity contribution in [3.8, 4) is 0 Å². The maximum absolute atomic E-state index is 13.0. The van der Waals surface area contributed by atoms with E-state index < -0.39 is 17.8 Å². The van der Waals surface area contributed by atoms with E-state index in [0.29, 0.717) is 24.7 Å². The summed E-state index contributed by atoms with van der Waals surface area (Å²) in [6.07, 6.45) is 12.6. The minimum atomic E-state index is -0.973. The first kappa shape index (κ1) is 21.0. The molecule has 0 saturated heterocycles. The highest BCUT2D eigenvalue weighted by Crippen LogP contribution is 2.63. The topological polar surface area (TPSA) is 77.8 Å². The summed E-state index contributed by atoms with van der Waals surface area (Å²) in [5.74, 6) is 0.838. The second kappa shape index (κ2) is 7.47. The van der Waals surface area contributed by atoms with Crippen LogP contribution in [0.25, 0.3) is 0 Å². The van der Waals surface area contributed by atoms with Crippen molar-refractivity contribution in [2.24, 2.45) is 29.1 Å². The summed E-state index contributed by atoms with van der Waals surface area (Å²) < 4.78 is 0. The van der Waals surface area contributed by atoms with Crippen molar-refractivity contribution in [1.82, 2.24) is 0 Å². The molecule has 160 valence electrons. The van der Waals surface area contributed by atoms with Crippen molar-refractivity contribution >= 4 is 5.78 Å². The fraction of sp³-hybridized carbons (Fsp3) is 0.720. The number of rotatable bonds is 3. The molecular weight excluding hydrogens is 364 g/mol. The second-order valence-electron chi connectivity index (χ2n) is 10.5. The predicted octanol–water partition coefficient (Wildman–Crippen LogP) is 3.71. The van der Waals surface area contributed by atoms with Crippen LogP contribution in [0.2, 0.25) is 0 Å². The SMILES string of the molecule is CC(O)/C=C/C(C)(O)[C@H]1CC[C@H]2C3=CC(=O)[C@H]4CC(=CC[C@H](O)C4)[C@H]3CC[C@]12C. The molecule has 4 aliphatic carbocycles. The van der Waals surface area contributed by atoms with E-state index in [4.69, 9.17) is 0 Å². The van der Waals surface area contributed by atoms with Crippen LogP contribution in [0, 0.1) is 29.1 Å². The standard InChI is InChI=1S/C25H36O4/c1-15(26)8-11-25(3,29)23-7-6-21-20-14-22(28)17-12-16(4-5-18(27)13-17)19(20)9-10-24(21,23)2/h4,8,11,14-15,17-19,21,23,26-27,29H,5-7,9-10,12-13H2,1-3H3/b11-8+/t15?,17-,18-,19+,21-,23-,24-,25?/m0/s1. The van der Waals surface area contributed by atoms with E-state index in [1.165, 1.54) is 11.1 Å². The molecule has 0 aromatic heterocycles. The summed E-state index contributed by atoms with van der Waals surface area (Å²) in [6.45, 7) is 5.86. The molecule has 4 nitrogen and oxygen atoms in total. The fourth-order valence-corrected chi connectivity index (χ4v) is 6.95. The second-order valence-corrected chi connectivity index (χ2v) is 10.5. The van der Waals surface area contributed by atoms with Crippen molar-refractivity contribution in [2.45, 2.75) is 83.5 Å². The van der Waals surface area contributed by atoms with Gasteiger partial charge in [0.25, 0.3) is 0 Å². The zero-order valence-corrected chi connectivity index (χ0v) is 18.0. The van der Waals surface area contributed by atoms with Gasteiger partial charge in [-0.1, -0.05) is 36.3 Å². The lowest BCUT2D eigenvalue weighted by Gasteiger charge is -2.49. The first-order chi connectivity index (χ1) is 13.6. The Kier molecular flexibility index (Phi) is 5.42. The molecule has 4 heteroatoms. The van der Waals surface area contributed by atoms with Gasteiger partial charge in [0.15, 0.2) is 5.78 Å². The minimum absolute atomic E-state index is 0.0519. The fourth-order valence-electron chi connectivity index (χ4n) is 6.95. The van der Waals surface area contributed by atoms with Gasteiger partial charge in [0.2, 0.25) is 0 Å². The zero-order valence-electron chi connectivity index (χ0n) is 18.0. The van der Waals surface area contributed by atoms with Crippen LogP contribution in [0.4, 0.5) is 0 Å². The molecular formula is C25H36O4. The highest BCUT2D eigenvalue weighted by Gasteiger charge is 2.57. The first-order valence-corrected chi connectivity index (χ1v) is 11.3. The van der Waals surface area contributed by atoms with Gasteiger partial charge in [-0.2, -0.15) is 0 Å². The number of hydrogen-bond donors (Lipinski definition) is 3. The molecule has 4 aliphatic rings. The van der Waals surface area contributed by atoms with Crippen LogP contribution < -0.4 is 0 Å². The molecule has 0 radical (unpaired) electrons. The summed E-state index contributed by atoms with van der Waals surface area (Å²) in [5.41, 5.74) is 1.62. The predicted molar refractivity (Wildman–Crippen MR) is 113 cm³/mol. The summed E-state index contributed by atoms with van der Waals surface area (Å²) in [5, 5.41) is 31.1. The Labute approximate surface area is 174 Å². The van der Waals surface area contributed by atoms with Crippen LogP contribution >= 0.6 is 0 Å². The molecule has 0 aromatic rings. The number of ketones is 1. The number of hydrogen-bond acceptors (Lipinski definition) is 4. The van der Waals surface area contributed by atoms with Gasteiger partial charge in [-0.05, 0) is 82.1 Å². The molecule has 2 bridgehead atoms. The van der Waals surface area contributed by atoms with E-state index in [9.17, 15) is 20.1 Å². The molecule has 2 fully saturated rings. The largest absolute Gasteiger partial charge is 0.393 e. The highest BCUT2D eigenvalue weighted by atomic mass is 16.3. The number of fused-ring (bicyclic) bond motifs is 6. The molecule has 0 aromatic carbocycles. The van der Waals surface area contributed by atoms with Gasteiger partial charge in [-0.3, -0.25) is 4.79 Å². The van der Waals surface area contributed by atoms with Crippen molar-refractivity contribution in [2.75, 3.05) is 0 Å². The third kappa shape index (κ3) is 3.68. The molecule has 4 rings (SSSR count). The summed E-state index contributed by atoms with van der Waals surface area (Å²) in [7, 11) is 0. The normalized spacial score (nSPS) is 42.8. The van der Waals surface area contributed by atoms with E-state index in [2.05, 4.69) is 13.0 Å². The highest BCUT2D eigenvalue weighted by molar-refractivity contribution is 5.93. The van der Waals surface area contributed by atoms with Gasteiger partial charge >= 0.3 is 0 Å². The summed E-state index contributed by atoms with van der Waals surface area (Å²) >= 11 is 0. The third-order valence-corrected chi connectivity index (χ3v) is 8.38. The Morgan fingerprint density at radius 3 is 2.79 bits per heavy atom. The Bertz CT molecular complexity index is 759. The molecule has 0 heterocycles. The average molecular weight is 401 g/mol. The van der Waals surface area contributed by atoms with Gasteiger partial charge in [0, 0.05) is 11.8 Å². The molecule has 3 N–H and O–H groups in total. The monoisotopic (exact) mass is 400 g/mol. The number of carbonyl (C=O) groups excluding carboxylic acids is 1. The van der Waals surface area contributed by atoms with E-state index in [0.717, 1.165) is 32.1 Å². The van der Waals surface area contributed by atoms with E-state index in [1.807, 2.05) is 13.0 Å². The molecule has 0 aliphatic heterocycles. The van der Waals surface area contributed by atoms with Crippen LogP contribution in [0.1, 0.15) is 65.7 Å². The Morgan fingerprint density at radius 2 is 2.07 bits per heavy atom. The van der Waals surface area contributed by atoms with Gasteiger partial charge in [0.05, 0.1) is 17.8 Å². The van der Waals surface area contributed by atoms with Crippen molar-refractivity contribution < 1.29 is 20.1 Å². The van der Waals surface area contributed by atoms with Crippen LogP contribution in [0.15, 0.2) is 35.5 Å². The number of allylic oxidation sites excluding steroid dienone is 3. The molecule has 0 amide bonds. The lowest BCUT2D eigenvalue weighted by Crippen LogP contribution is -2.45. The lowest BCUT2D eigenvalue weighted by atomic mass is 9.57. The van der Waals surface area contributed by atoms with Crippen molar-refractivity contribution in [3.05, 3.63) is 35.5 Å². The molecule has 2 unspecified atom stereocenters. The van der Waals surface area contributed by atoms with Gasteiger partial charge in [-0.15, -0.1) is 0 Å². The Balaban J connectivity index is 1.67. The minimum Gasteiger partial charge on any atom is -0.393 e. The van der Waals surface area contributed by atoms with Gasteiger partial charge in [0.1, 0.15) is 0 Å². The summed E-state index contributed by atoms with van der Waals surface area (Å²) in [6, 6.07) is 0. The third-order valence-electron chi connectivity index (χ3n) is 8.38. The first-order valence-electron chi connectivity index (χ1n) is 11.3. The molecule has 8 atom stereocenters. The van der Waals surface area contributed by atoms with E-state index >= 15 is 0 Å². The van der Waals surface area contributed by atoms with Crippen LogP contribution in [-0.2, 0) is 4.79 Å². The average Bonchev–Trinajstić information content (AvgIpc) is 2.81. The molecule has 0 spiro atoms. The molecule has 2 saturated carbocycles. The van der Waals surface area contributed by atoms with Crippen LogP contribution in [0.5, 0.6) is 0 Å². The maximum Gasteiger partial charge on any atom is 0.159 e. The summed E-state index contributed by atoms with van der Waals surface area (Å²) in [4.78, 5) is 13.0. The van der Waals surface area contributed by atoms with E-state index in [-0.39, 0.29) is 23.0 Å². The van der Waals surface area contributed by atoms with Crippen molar-refractivity contribution in [1.29, 1.82) is 0 Å². The van der Waals surface area contributed by atoms with Gasteiger partial charge in [-0.25, -0.2) is 0 Å². The smallest absolute Gasteiger partial charge is 0.159 e. The molecule has 29 heavy (non-hydrogen) atoms.